The molecule has 1 heterocycles. The van der Waals surface area contributed by atoms with E-state index in [4.69, 9.17) is 0 Å². The van der Waals surface area contributed by atoms with Crippen molar-refractivity contribution in [2.24, 2.45) is 5.41 Å². The Hall–Kier alpha value is -1.36. The zero-order valence-electron chi connectivity index (χ0n) is 14.2. The summed E-state index contributed by atoms with van der Waals surface area (Å²) in [7, 11) is 7.41. The molecule has 1 aromatic heterocycles. The van der Waals surface area contributed by atoms with Crippen LogP contribution in [-0.4, -0.2) is 44.0 Å². The van der Waals surface area contributed by atoms with Crippen LogP contribution >= 0.6 is 11.3 Å². The van der Waals surface area contributed by atoms with Crippen LogP contribution < -0.4 is 4.90 Å². The number of rotatable bonds is 5. The van der Waals surface area contributed by atoms with E-state index in [1.807, 2.05) is 25.1 Å². The summed E-state index contributed by atoms with van der Waals surface area (Å²) in [6, 6.07) is 0. The average Bonchev–Trinajstić information content (AvgIpc) is 2.77. The highest BCUT2D eigenvalue weighted by atomic mass is 32.1. The summed E-state index contributed by atoms with van der Waals surface area (Å²) >= 11 is 1.61. The van der Waals surface area contributed by atoms with Gasteiger partial charge >= 0.3 is 0 Å². The molecule has 0 aliphatic rings. The van der Waals surface area contributed by atoms with E-state index in [-0.39, 0.29) is 17.2 Å². The van der Waals surface area contributed by atoms with Crippen molar-refractivity contribution in [2.75, 3.05) is 33.1 Å². The molecule has 0 aromatic carbocycles. The number of carbonyl (C=O) groups is 1. The number of amides is 1. The Morgan fingerprint density at radius 2 is 1.90 bits per heavy atom. The molecule has 1 rings (SSSR count). The van der Waals surface area contributed by atoms with Gasteiger partial charge in [0.25, 0.3) is 5.91 Å². The summed E-state index contributed by atoms with van der Waals surface area (Å²) in [6.07, 6.45) is 2.79. The van der Waals surface area contributed by atoms with E-state index in [1.54, 1.807) is 30.3 Å². The Morgan fingerprint density at radius 1 is 1.33 bits per heavy atom. The van der Waals surface area contributed by atoms with Crippen LogP contribution in [0.1, 0.15) is 48.6 Å². The number of thiazole rings is 1. The number of hydrogen-bond donors (Lipinski definition) is 0. The normalized spacial score (nSPS) is 12.9. The minimum Gasteiger partial charge on any atom is -0.368 e. The highest BCUT2D eigenvalue weighted by Crippen LogP contribution is 2.42. The molecule has 0 fully saturated rings. The van der Waals surface area contributed by atoms with Crippen molar-refractivity contribution in [2.45, 2.75) is 33.1 Å². The largest absolute Gasteiger partial charge is 0.368 e. The summed E-state index contributed by atoms with van der Waals surface area (Å²) in [4.78, 5) is 20.6. The smallest absolute Gasteiger partial charge is 0.275 e. The maximum absolute atomic E-state index is 12.3. The minimum atomic E-state index is -0.0486. The van der Waals surface area contributed by atoms with Gasteiger partial charge in [-0.25, -0.2) is 4.98 Å². The highest BCUT2D eigenvalue weighted by molar-refractivity contribution is 7.16. The van der Waals surface area contributed by atoms with E-state index in [2.05, 4.69) is 32.3 Å². The summed E-state index contributed by atoms with van der Waals surface area (Å²) in [5.41, 5.74) is 0.622. The molecule has 0 N–H and O–H groups in total. The van der Waals surface area contributed by atoms with Crippen molar-refractivity contribution in [1.82, 2.24) is 9.88 Å². The van der Waals surface area contributed by atoms with E-state index >= 15 is 0 Å². The molecule has 1 aromatic rings. The molecule has 0 spiro atoms. The first-order valence-electron chi connectivity index (χ1n) is 7.10. The van der Waals surface area contributed by atoms with E-state index < -0.39 is 0 Å². The summed E-state index contributed by atoms with van der Waals surface area (Å²) in [5, 5.41) is 1.93. The van der Waals surface area contributed by atoms with E-state index in [0.717, 1.165) is 16.4 Å². The molecule has 0 bridgehead atoms. The standard InChI is InChI=1S/C16H27N3OS/c1-9-10-11(16(2,3)4)13-17-12(14(20)18(5)6)15(21-13)19(7)8/h9,11H,1,10H2,2-8H3. The van der Waals surface area contributed by atoms with Crippen LogP contribution in [0, 0.1) is 5.41 Å². The van der Waals surface area contributed by atoms with Gasteiger partial charge in [0.05, 0.1) is 5.01 Å². The monoisotopic (exact) mass is 309 g/mol. The third-order valence-corrected chi connectivity index (χ3v) is 4.72. The van der Waals surface area contributed by atoms with Gasteiger partial charge in [0, 0.05) is 34.1 Å². The van der Waals surface area contributed by atoms with Gasteiger partial charge in [0.1, 0.15) is 5.00 Å². The molecule has 4 nitrogen and oxygen atoms in total. The molecule has 0 saturated heterocycles. The molecular formula is C16H27N3OS. The van der Waals surface area contributed by atoms with Gasteiger partial charge in [-0.2, -0.15) is 0 Å². The fraction of sp³-hybridized carbons (Fsp3) is 0.625. The topological polar surface area (TPSA) is 36.4 Å². The number of carbonyl (C=O) groups excluding carboxylic acids is 1. The highest BCUT2D eigenvalue weighted by Gasteiger charge is 2.31. The van der Waals surface area contributed by atoms with Crippen molar-refractivity contribution >= 4 is 22.2 Å². The second-order valence-corrected chi connectivity index (χ2v) is 7.75. The van der Waals surface area contributed by atoms with Crippen LogP contribution in [-0.2, 0) is 0 Å². The van der Waals surface area contributed by atoms with E-state index in [9.17, 15) is 4.79 Å². The van der Waals surface area contributed by atoms with Crippen molar-refractivity contribution < 1.29 is 4.79 Å². The third kappa shape index (κ3) is 4.06. The van der Waals surface area contributed by atoms with Gasteiger partial charge in [-0.1, -0.05) is 26.8 Å². The Bertz CT molecular complexity index is 512. The van der Waals surface area contributed by atoms with E-state index in [0.29, 0.717) is 5.69 Å². The molecule has 21 heavy (non-hydrogen) atoms. The first-order valence-corrected chi connectivity index (χ1v) is 7.91. The lowest BCUT2D eigenvalue weighted by Gasteiger charge is -2.28. The molecule has 1 atom stereocenters. The number of aromatic nitrogens is 1. The summed E-state index contributed by atoms with van der Waals surface area (Å²) < 4.78 is 0. The quantitative estimate of drug-likeness (QED) is 0.780. The maximum Gasteiger partial charge on any atom is 0.275 e. The van der Waals surface area contributed by atoms with Crippen LogP contribution in [0.5, 0.6) is 0 Å². The Morgan fingerprint density at radius 3 is 2.29 bits per heavy atom. The average molecular weight is 309 g/mol. The molecular weight excluding hydrogens is 282 g/mol. The summed E-state index contributed by atoms with van der Waals surface area (Å²) in [5.74, 6) is 0.217. The van der Waals surface area contributed by atoms with Crippen molar-refractivity contribution in [1.29, 1.82) is 0 Å². The zero-order chi connectivity index (χ0) is 16.4. The molecule has 0 aliphatic heterocycles. The fourth-order valence-electron chi connectivity index (χ4n) is 2.12. The molecule has 0 saturated carbocycles. The lowest BCUT2D eigenvalue weighted by Crippen LogP contribution is -2.24. The first kappa shape index (κ1) is 17.7. The Kier molecular flexibility index (Phi) is 5.56. The van der Waals surface area contributed by atoms with Gasteiger partial charge in [-0.3, -0.25) is 4.79 Å². The Balaban J connectivity index is 3.35. The van der Waals surface area contributed by atoms with Gasteiger partial charge in [-0.15, -0.1) is 17.9 Å². The SMILES string of the molecule is C=CCC(c1nc(C(=O)N(C)C)c(N(C)C)s1)C(C)(C)C. The molecule has 118 valence electrons. The number of nitrogens with zero attached hydrogens (tertiary/aromatic N) is 3. The van der Waals surface area contributed by atoms with Crippen molar-refractivity contribution in [3.63, 3.8) is 0 Å². The first-order chi connectivity index (χ1) is 9.59. The predicted molar refractivity (Wildman–Crippen MR) is 91.5 cm³/mol. The zero-order valence-corrected chi connectivity index (χ0v) is 15.0. The molecule has 5 heteroatoms. The van der Waals surface area contributed by atoms with Crippen LogP contribution in [0.15, 0.2) is 12.7 Å². The van der Waals surface area contributed by atoms with E-state index in [1.165, 1.54) is 0 Å². The van der Waals surface area contributed by atoms with Gasteiger partial charge in [0.2, 0.25) is 0 Å². The second kappa shape index (κ2) is 6.60. The van der Waals surface area contributed by atoms with Crippen LogP contribution in [0.3, 0.4) is 0 Å². The predicted octanol–water partition coefficient (Wildman–Crippen LogP) is 3.62. The fourth-order valence-corrected chi connectivity index (χ4v) is 3.46. The lowest BCUT2D eigenvalue weighted by molar-refractivity contribution is 0.0823. The lowest BCUT2D eigenvalue weighted by atomic mass is 9.79. The van der Waals surface area contributed by atoms with Gasteiger partial charge in [-0.05, 0) is 11.8 Å². The number of anilines is 1. The van der Waals surface area contributed by atoms with Crippen molar-refractivity contribution in [3.8, 4) is 0 Å². The Labute approximate surface area is 132 Å². The molecule has 0 aliphatic carbocycles. The van der Waals surface area contributed by atoms with Crippen molar-refractivity contribution in [3.05, 3.63) is 23.4 Å². The minimum absolute atomic E-state index is 0.0486. The maximum atomic E-state index is 12.3. The van der Waals surface area contributed by atoms with Gasteiger partial charge < -0.3 is 9.80 Å². The third-order valence-electron chi connectivity index (χ3n) is 3.39. The number of hydrogen-bond acceptors (Lipinski definition) is 4. The van der Waals surface area contributed by atoms with Gasteiger partial charge in [0.15, 0.2) is 5.69 Å². The molecule has 1 amide bonds. The molecule has 1 unspecified atom stereocenters. The van der Waals surface area contributed by atoms with Crippen LogP contribution in [0.2, 0.25) is 0 Å². The van der Waals surface area contributed by atoms with Crippen LogP contribution in [0.25, 0.3) is 0 Å². The van der Waals surface area contributed by atoms with Crippen LogP contribution in [0.4, 0.5) is 5.00 Å². The second-order valence-electron chi connectivity index (χ2n) is 6.74. The summed E-state index contributed by atoms with van der Waals surface area (Å²) in [6.45, 7) is 10.5. The molecule has 0 radical (unpaired) electrons. The number of allylic oxidation sites excluding steroid dienone is 1.